The highest BCUT2D eigenvalue weighted by Crippen LogP contribution is 2.32. The molecular weight excluding hydrogens is 402 g/mol. The van der Waals surface area contributed by atoms with E-state index >= 15 is 0 Å². The monoisotopic (exact) mass is 427 g/mol. The molecule has 0 atom stereocenters. The van der Waals surface area contributed by atoms with Gasteiger partial charge in [0.25, 0.3) is 0 Å². The summed E-state index contributed by atoms with van der Waals surface area (Å²) >= 11 is 0. The lowest BCUT2D eigenvalue weighted by Crippen LogP contribution is -2.43. The van der Waals surface area contributed by atoms with Crippen LogP contribution in [0.3, 0.4) is 0 Å². The summed E-state index contributed by atoms with van der Waals surface area (Å²) in [5.41, 5.74) is 3.69. The first-order valence-electron chi connectivity index (χ1n) is 10.4. The molecule has 0 fully saturated rings. The van der Waals surface area contributed by atoms with Crippen molar-refractivity contribution >= 4 is 17.4 Å². The van der Waals surface area contributed by atoms with Crippen molar-refractivity contribution in [3.63, 3.8) is 0 Å². The summed E-state index contributed by atoms with van der Waals surface area (Å²) in [6, 6.07) is 21.3. The molecule has 1 aliphatic heterocycles. The summed E-state index contributed by atoms with van der Waals surface area (Å²) in [6.45, 7) is 4.21. The van der Waals surface area contributed by atoms with Crippen LogP contribution in [0.2, 0.25) is 0 Å². The van der Waals surface area contributed by atoms with Gasteiger partial charge in [-0.3, -0.25) is 4.79 Å². The minimum Gasteiger partial charge on any atom is -0.497 e. The van der Waals surface area contributed by atoms with E-state index in [1.54, 1.807) is 61.7 Å². The Morgan fingerprint density at radius 2 is 1.59 bits per heavy atom. The van der Waals surface area contributed by atoms with Gasteiger partial charge in [0, 0.05) is 28.4 Å². The summed E-state index contributed by atoms with van der Waals surface area (Å²) in [5, 5.41) is 3.47. The second-order valence-corrected chi connectivity index (χ2v) is 8.41. The molecule has 32 heavy (non-hydrogen) atoms. The van der Waals surface area contributed by atoms with Crippen LogP contribution in [0.25, 0.3) is 5.70 Å². The molecule has 0 aromatic heterocycles. The lowest BCUT2D eigenvalue weighted by Gasteiger charge is -2.35. The zero-order valence-corrected chi connectivity index (χ0v) is 18.3. The number of hydrogen-bond acceptors (Lipinski definition) is 5. The molecule has 4 rings (SSSR count). The van der Waals surface area contributed by atoms with Crippen molar-refractivity contribution in [2.24, 2.45) is 0 Å². The fraction of sp³-hybridized carbons (Fsp3) is 0.185. The Kier molecular flexibility index (Phi) is 5.82. The van der Waals surface area contributed by atoms with Crippen LogP contribution in [-0.4, -0.2) is 24.4 Å². The lowest BCUT2D eigenvalue weighted by molar-refractivity contribution is 0.0734. The predicted octanol–water partition coefficient (Wildman–Crippen LogP) is 5.06. The third kappa shape index (κ3) is 4.72. The van der Waals surface area contributed by atoms with Gasteiger partial charge < -0.3 is 14.8 Å². The minimum atomic E-state index is -0.439. The van der Waals surface area contributed by atoms with Crippen LogP contribution < -0.4 is 14.8 Å². The minimum absolute atomic E-state index is 0.139. The number of esters is 1. The van der Waals surface area contributed by atoms with E-state index in [0.717, 1.165) is 29.0 Å². The number of ether oxygens (including phenoxy) is 2. The van der Waals surface area contributed by atoms with Crippen LogP contribution in [0, 0.1) is 0 Å². The van der Waals surface area contributed by atoms with E-state index in [9.17, 15) is 9.59 Å². The fourth-order valence-electron chi connectivity index (χ4n) is 3.80. The number of benzene rings is 3. The number of rotatable bonds is 5. The summed E-state index contributed by atoms with van der Waals surface area (Å²) < 4.78 is 10.8. The quantitative estimate of drug-likeness (QED) is 0.267. The van der Waals surface area contributed by atoms with Crippen molar-refractivity contribution in [1.82, 2.24) is 5.32 Å². The van der Waals surface area contributed by atoms with Crippen LogP contribution in [0.5, 0.6) is 11.5 Å². The summed E-state index contributed by atoms with van der Waals surface area (Å²) in [6.07, 6.45) is 2.46. The molecule has 0 spiro atoms. The smallest absolute Gasteiger partial charge is 0.343 e. The number of ketones is 1. The molecule has 0 saturated heterocycles. The second kappa shape index (κ2) is 8.71. The molecule has 0 aliphatic carbocycles. The van der Waals surface area contributed by atoms with Gasteiger partial charge in [-0.1, -0.05) is 24.3 Å². The molecule has 162 valence electrons. The number of carbonyl (C=O) groups excluding carboxylic acids is 2. The first-order valence-corrected chi connectivity index (χ1v) is 10.4. The predicted molar refractivity (Wildman–Crippen MR) is 124 cm³/mol. The van der Waals surface area contributed by atoms with Crippen molar-refractivity contribution in [2.45, 2.75) is 25.8 Å². The van der Waals surface area contributed by atoms with Gasteiger partial charge in [0.15, 0.2) is 5.78 Å². The van der Waals surface area contributed by atoms with E-state index < -0.39 is 5.97 Å². The second-order valence-electron chi connectivity index (χ2n) is 8.41. The van der Waals surface area contributed by atoms with Crippen LogP contribution in [0.15, 0.2) is 78.9 Å². The van der Waals surface area contributed by atoms with Crippen molar-refractivity contribution in [1.29, 1.82) is 0 Å². The van der Waals surface area contributed by atoms with E-state index in [1.165, 1.54) is 0 Å². The average molecular weight is 428 g/mol. The number of nitrogens with one attached hydrogen (secondary N) is 1. The standard InChI is InChI=1S/C27H25NO4/c1-27(2)17-20-11-14-22(31-3)15-23(20)24(28-27)16-25(29)18-9-12-21(13-10-18)32-26(30)19-7-5-4-6-8-19/h4-16,28H,17H2,1-3H3. The normalized spacial score (nSPS) is 15.4. The number of fused-ring (bicyclic) bond motifs is 1. The third-order valence-corrected chi connectivity index (χ3v) is 5.35. The maximum absolute atomic E-state index is 13.0. The molecule has 1 N–H and O–H groups in total. The summed E-state index contributed by atoms with van der Waals surface area (Å²) in [4.78, 5) is 25.2. The van der Waals surface area contributed by atoms with Gasteiger partial charge in [-0.25, -0.2) is 4.79 Å². The van der Waals surface area contributed by atoms with E-state index in [-0.39, 0.29) is 11.3 Å². The summed E-state index contributed by atoms with van der Waals surface area (Å²) in [7, 11) is 1.63. The van der Waals surface area contributed by atoms with Crippen molar-refractivity contribution in [3.8, 4) is 11.5 Å². The van der Waals surface area contributed by atoms with Gasteiger partial charge in [0.05, 0.1) is 12.7 Å². The Labute approximate surface area is 187 Å². The Morgan fingerprint density at radius 1 is 0.906 bits per heavy atom. The van der Waals surface area contributed by atoms with Gasteiger partial charge in [0.2, 0.25) is 0 Å². The first kappa shape index (κ1) is 21.4. The van der Waals surface area contributed by atoms with Crippen molar-refractivity contribution in [3.05, 3.63) is 101 Å². The van der Waals surface area contributed by atoms with Crippen molar-refractivity contribution in [2.75, 3.05) is 7.11 Å². The maximum atomic E-state index is 13.0. The molecule has 1 aliphatic rings. The maximum Gasteiger partial charge on any atom is 0.343 e. The largest absolute Gasteiger partial charge is 0.497 e. The molecule has 3 aromatic carbocycles. The van der Waals surface area contributed by atoms with Gasteiger partial charge >= 0.3 is 5.97 Å². The molecule has 0 unspecified atom stereocenters. The van der Waals surface area contributed by atoms with E-state index in [1.807, 2.05) is 24.3 Å². The number of carbonyl (C=O) groups is 2. The zero-order chi connectivity index (χ0) is 22.7. The summed E-state index contributed by atoms with van der Waals surface area (Å²) in [5.74, 6) is 0.550. The molecule has 1 heterocycles. The molecular formula is C27H25NO4. The Hall–Kier alpha value is -3.86. The molecule has 0 saturated carbocycles. The van der Waals surface area contributed by atoms with Crippen LogP contribution in [0.4, 0.5) is 0 Å². The molecule has 0 amide bonds. The topological polar surface area (TPSA) is 64.6 Å². The van der Waals surface area contributed by atoms with Gasteiger partial charge in [-0.15, -0.1) is 0 Å². The van der Waals surface area contributed by atoms with Crippen molar-refractivity contribution < 1.29 is 19.1 Å². The highest BCUT2D eigenvalue weighted by Gasteiger charge is 2.28. The first-order chi connectivity index (χ1) is 15.3. The highest BCUT2D eigenvalue weighted by molar-refractivity contribution is 6.08. The van der Waals surface area contributed by atoms with Gasteiger partial charge in [0.1, 0.15) is 11.5 Å². The Balaban J connectivity index is 1.55. The highest BCUT2D eigenvalue weighted by atomic mass is 16.5. The van der Waals surface area contributed by atoms with Gasteiger partial charge in [-0.05, 0) is 74.4 Å². The molecule has 0 radical (unpaired) electrons. The number of methoxy groups -OCH3 is 1. The molecule has 0 bridgehead atoms. The van der Waals surface area contributed by atoms with E-state index in [2.05, 4.69) is 19.2 Å². The number of hydrogen-bond donors (Lipinski definition) is 1. The zero-order valence-electron chi connectivity index (χ0n) is 18.3. The van der Waals surface area contributed by atoms with E-state index in [4.69, 9.17) is 9.47 Å². The fourth-order valence-corrected chi connectivity index (χ4v) is 3.80. The molecule has 3 aromatic rings. The van der Waals surface area contributed by atoms with Crippen LogP contribution in [0.1, 0.15) is 45.7 Å². The van der Waals surface area contributed by atoms with Crippen LogP contribution in [-0.2, 0) is 6.42 Å². The lowest BCUT2D eigenvalue weighted by atomic mass is 9.85. The van der Waals surface area contributed by atoms with Crippen LogP contribution >= 0.6 is 0 Å². The number of allylic oxidation sites excluding steroid dienone is 1. The third-order valence-electron chi connectivity index (χ3n) is 5.35. The Morgan fingerprint density at radius 3 is 2.28 bits per heavy atom. The molecule has 5 nitrogen and oxygen atoms in total. The Bertz CT molecular complexity index is 1180. The SMILES string of the molecule is COc1ccc2c(c1)C(=CC(=O)c1ccc(OC(=O)c3ccccc3)cc1)NC(C)(C)C2. The average Bonchev–Trinajstić information content (AvgIpc) is 2.79. The van der Waals surface area contributed by atoms with E-state index in [0.29, 0.717) is 16.9 Å². The molecule has 5 heteroatoms. The van der Waals surface area contributed by atoms with Gasteiger partial charge in [-0.2, -0.15) is 0 Å².